The van der Waals surface area contributed by atoms with E-state index in [1.165, 1.54) is 0 Å². The third-order valence-corrected chi connectivity index (χ3v) is 5.12. The van der Waals surface area contributed by atoms with Gasteiger partial charge >= 0.3 is 0 Å². The van der Waals surface area contributed by atoms with Crippen LogP contribution >= 0.6 is 0 Å². The fourth-order valence-corrected chi connectivity index (χ4v) is 3.68. The average Bonchev–Trinajstić information content (AvgIpc) is 2.80. The summed E-state index contributed by atoms with van der Waals surface area (Å²) in [6.07, 6.45) is 2.13. The maximum atomic E-state index is 12.2. The van der Waals surface area contributed by atoms with Crippen LogP contribution in [0, 0.1) is 0 Å². The van der Waals surface area contributed by atoms with E-state index in [0.717, 1.165) is 18.4 Å². The molecule has 0 fully saturated rings. The molecule has 3 rings (SSSR count). The van der Waals surface area contributed by atoms with Crippen LogP contribution in [0.2, 0.25) is 0 Å². The molecule has 0 bridgehead atoms. The van der Waals surface area contributed by atoms with E-state index >= 15 is 0 Å². The highest BCUT2D eigenvalue weighted by atomic mass is 32.2. The van der Waals surface area contributed by atoms with Crippen molar-refractivity contribution in [3.63, 3.8) is 0 Å². The number of benzene rings is 2. The van der Waals surface area contributed by atoms with Gasteiger partial charge in [-0.05, 0) is 30.5 Å². The summed E-state index contributed by atoms with van der Waals surface area (Å²) < 4.78 is 38.2. The van der Waals surface area contributed by atoms with Crippen molar-refractivity contribution in [2.45, 2.75) is 19.3 Å². The van der Waals surface area contributed by atoms with Gasteiger partial charge in [0.15, 0.2) is 11.5 Å². The summed E-state index contributed by atoms with van der Waals surface area (Å²) in [4.78, 5) is 0. The Hall–Kier alpha value is -2.21. The minimum atomic E-state index is -3.39. The number of aryl methyl sites for hydroxylation is 1. The molecule has 5 nitrogen and oxygen atoms in total. The first-order chi connectivity index (χ1) is 11.6. The van der Waals surface area contributed by atoms with Crippen LogP contribution in [-0.2, 0) is 16.4 Å². The zero-order valence-corrected chi connectivity index (χ0v) is 14.2. The predicted octanol–water partition coefficient (Wildman–Crippen LogP) is 3.22. The summed E-state index contributed by atoms with van der Waals surface area (Å²) in [5.74, 6) is 1.31. The third-order valence-electron chi connectivity index (χ3n) is 3.74. The second-order valence-corrected chi connectivity index (χ2v) is 7.56. The van der Waals surface area contributed by atoms with Crippen molar-refractivity contribution in [3.05, 3.63) is 54.1 Å². The Morgan fingerprint density at radius 2 is 1.71 bits per heavy atom. The van der Waals surface area contributed by atoms with Gasteiger partial charge in [0.1, 0.15) is 0 Å². The smallest absolute Gasteiger partial charge is 0.232 e. The van der Waals surface area contributed by atoms with E-state index in [0.29, 0.717) is 36.8 Å². The molecule has 1 aliphatic heterocycles. The monoisotopic (exact) mass is 347 g/mol. The molecule has 6 heteroatoms. The molecule has 0 amide bonds. The van der Waals surface area contributed by atoms with Gasteiger partial charge < -0.3 is 9.47 Å². The lowest BCUT2D eigenvalue weighted by atomic mass is 10.1. The van der Waals surface area contributed by atoms with Crippen LogP contribution in [-0.4, -0.2) is 27.4 Å². The first kappa shape index (κ1) is 16.6. The second kappa shape index (κ2) is 7.57. The molecule has 0 atom stereocenters. The molecule has 0 spiro atoms. The van der Waals surface area contributed by atoms with Crippen LogP contribution in [0.3, 0.4) is 0 Å². The van der Waals surface area contributed by atoms with E-state index in [-0.39, 0.29) is 5.75 Å². The fraction of sp³-hybridized carbons (Fsp3) is 0.333. The topological polar surface area (TPSA) is 64.6 Å². The number of ether oxygens (including phenoxy) is 2. The normalized spacial score (nSPS) is 14.0. The minimum Gasteiger partial charge on any atom is -0.490 e. The Morgan fingerprint density at radius 1 is 0.958 bits per heavy atom. The van der Waals surface area contributed by atoms with Gasteiger partial charge in [-0.25, -0.2) is 8.42 Å². The molecule has 1 aliphatic rings. The van der Waals surface area contributed by atoms with Crippen LogP contribution in [0.4, 0.5) is 5.69 Å². The Bertz CT molecular complexity index is 775. The van der Waals surface area contributed by atoms with E-state index in [1.807, 2.05) is 30.3 Å². The Labute approximate surface area is 142 Å². The van der Waals surface area contributed by atoms with Gasteiger partial charge in [0.2, 0.25) is 10.0 Å². The zero-order chi connectivity index (χ0) is 16.8. The van der Waals surface area contributed by atoms with Crippen molar-refractivity contribution in [1.29, 1.82) is 0 Å². The van der Waals surface area contributed by atoms with Crippen LogP contribution in [0.15, 0.2) is 48.5 Å². The van der Waals surface area contributed by atoms with Crippen molar-refractivity contribution in [2.24, 2.45) is 0 Å². The van der Waals surface area contributed by atoms with E-state index in [4.69, 9.17) is 9.47 Å². The van der Waals surface area contributed by atoms with Crippen LogP contribution in [0.25, 0.3) is 0 Å². The molecule has 0 radical (unpaired) electrons. The number of hydrogen-bond donors (Lipinski definition) is 1. The molecule has 0 saturated heterocycles. The van der Waals surface area contributed by atoms with Gasteiger partial charge in [0, 0.05) is 12.5 Å². The van der Waals surface area contributed by atoms with Crippen molar-refractivity contribution in [3.8, 4) is 11.5 Å². The van der Waals surface area contributed by atoms with Gasteiger partial charge in [-0.3, -0.25) is 4.72 Å². The average molecular weight is 347 g/mol. The summed E-state index contributed by atoms with van der Waals surface area (Å²) in [6.45, 7) is 1.18. The Balaban J connectivity index is 1.59. The van der Waals surface area contributed by atoms with E-state index in [1.54, 1.807) is 18.2 Å². The number of nitrogens with one attached hydrogen (secondary N) is 1. The molecule has 0 aromatic heterocycles. The SMILES string of the molecule is O=S(=O)(CCCc1ccccc1)Nc1ccc2c(c1)OCCCO2. The summed E-state index contributed by atoms with van der Waals surface area (Å²) in [5.41, 5.74) is 1.64. The molecule has 1 N–H and O–H groups in total. The van der Waals surface area contributed by atoms with Crippen LogP contribution < -0.4 is 14.2 Å². The number of rotatable bonds is 6. The first-order valence-corrected chi connectivity index (χ1v) is 9.72. The van der Waals surface area contributed by atoms with Gasteiger partial charge in [-0.2, -0.15) is 0 Å². The summed E-state index contributed by atoms with van der Waals surface area (Å²) in [5, 5.41) is 0. The fourth-order valence-electron chi connectivity index (χ4n) is 2.57. The molecule has 2 aromatic rings. The van der Waals surface area contributed by atoms with Crippen molar-refractivity contribution < 1.29 is 17.9 Å². The Morgan fingerprint density at radius 3 is 2.50 bits per heavy atom. The summed E-state index contributed by atoms with van der Waals surface area (Å²) in [7, 11) is -3.39. The number of hydrogen-bond acceptors (Lipinski definition) is 4. The van der Waals surface area contributed by atoms with Gasteiger partial charge in [-0.1, -0.05) is 30.3 Å². The van der Waals surface area contributed by atoms with Crippen molar-refractivity contribution >= 4 is 15.7 Å². The van der Waals surface area contributed by atoms with E-state index in [2.05, 4.69) is 4.72 Å². The Kier molecular flexibility index (Phi) is 5.25. The lowest BCUT2D eigenvalue weighted by Crippen LogP contribution is -2.17. The van der Waals surface area contributed by atoms with Crippen LogP contribution in [0.1, 0.15) is 18.4 Å². The highest BCUT2D eigenvalue weighted by molar-refractivity contribution is 7.92. The predicted molar refractivity (Wildman–Crippen MR) is 94.2 cm³/mol. The molecule has 128 valence electrons. The van der Waals surface area contributed by atoms with Gasteiger partial charge in [-0.15, -0.1) is 0 Å². The molecule has 0 aliphatic carbocycles. The highest BCUT2D eigenvalue weighted by Gasteiger charge is 2.14. The second-order valence-electron chi connectivity index (χ2n) is 5.72. The lowest BCUT2D eigenvalue weighted by Gasteiger charge is -2.11. The largest absolute Gasteiger partial charge is 0.490 e. The van der Waals surface area contributed by atoms with E-state index < -0.39 is 10.0 Å². The van der Waals surface area contributed by atoms with E-state index in [9.17, 15) is 8.42 Å². The summed E-state index contributed by atoms with van der Waals surface area (Å²) in [6, 6.07) is 15.0. The molecule has 2 aromatic carbocycles. The summed E-state index contributed by atoms with van der Waals surface area (Å²) >= 11 is 0. The zero-order valence-electron chi connectivity index (χ0n) is 13.4. The minimum absolute atomic E-state index is 0.0797. The van der Waals surface area contributed by atoms with Gasteiger partial charge in [0.05, 0.1) is 24.7 Å². The van der Waals surface area contributed by atoms with Gasteiger partial charge in [0.25, 0.3) is 0 Å². The maximum absolute atomic E-state index is 12.2. The molecule has 1 heterocycles. The first-order valence-electron chi connectivity index (χ1n) is 8.06. The third kappa shape index (κ3) is 4.64. The molecule has 0 saturated carbocycles. The maximum Gasteiger partial charge on any atom is 0.232 e. The van der Waals surface area contributed by atoms with Crippen molar-refractivity contribution in [1.82, 2.24) is 0 Å². The molecular weight excluding hydrogens is 326 g/mol. The number of anilines is 1. The quantitative estimate of drug-likeness (QED) is 0.871. The molecule has 24 heavy (non-hydrogen) atoms. The number of fused-ring (bicyclic) bond motifs is 1. The van der Waals surface area contributed by atoms with Crippen LogP contribution in [0.5, 0.6) is 11.5 Å². The lowest BCUT2D eigenvalue weighted by molar-refractivity contribution is 0.297. The number of sulfonamides is 1. The molecular formula is C18H21NO4S. The molecule has 0 unspecified atom stereocenters. The highest BCUT2D eigenvalue weighted by Crippen LogP contribution is 2.32. The standard InChI is InChI=1S/C18H21NO4S/c20-24(21,13-4-8-15-6-2-1-3-7-15)19-16-9-10-17-18(14-16)23-12-5-11-22-17/h1-3,6-7,9-10,14,19H,4-5,8,11-13H2. The van der Waals surface area contributed by atoms with Crippen molar-refractivity contribution in [2.75, 3.05) is 23.7 Å².